The molecule has 6 heteroatoms. The molecule has 1 unspecified atom stereocenters. The van der Waals surface area contributed by atoms with Gasteiger partial charge in [-0.15, -0.1) is 11.8 Å². The fourth-order valence-corrected chi connectivity index (χ4v) is 2.07. The molecular formula is C9H16N2O3S. The van der Waals surface area contributed by atoms with E-state index >= 15 is 0 Å². The fraction of sp³-hybridized carbons (Fsp3) is 0.778. The number of nitrogens with one attached hydrogen (secondary N) is 1. The van der Waals surface area contributed by atoms with Crippen molar-refractivity contribution in [2.24, 2.45) is 5.73 Å². The van der Waals surface area contributed by atoms with Crippen molar-refractivity contribution in [3.63, 3.8) is 0 Å². The molecule has 0 aliphatic carbocycles. The number of carbonyl (C=O) groups excluding carboxylic acids is 2. The minimum Gasteiger partial charge on any atom is -0.444 e. The van der Waals surface area contributed by atoms with Gasteiger partial charge in [-0.2, -0.15) is 0 Å². The number of rotatable bonds is 2. The summed E-state index contributed by atoms with van der Waals surface area (Å²) < 4.78 is 5.04. The molecule has 0 aromatic heterocycles. The van der Waals surface area contributed by atoms with E-state index in [0.29, 0.717) is 0 Å². The Morgan fingerprint density at radius 2 is 1.93 bits per heavy atom. The van der Waals surface area contributed by atoms with Gasteiger partial charge in [0.05, 0.1) is 0 Å². The Kier molecular flexibility index (Phi) is 2.91. The van der Waals surface area contributed by atoms with E-state index in [1.54, 1.807) is 20.8 Å². The van der Waals surface area contributed by atoms with Gasteiger partial charge in [0, 0.05) is 5.25 Å². The van der Waals surface area contributed by atoms with Gasteiger partial charge in [-0.05, 0) is 27.7 Å². The molecule has 0 aromatic carbocycles. The first-order chi connectivity index (χ1) is 6.67. The van der Waals surface area contributed by atoms with E-state index in [0.717, 1.165) is 0 Å². The first kappa shape index (κ1) is 12.2. The number of ether oxygens (including phenoxy) is 1. The van der Waals surface area contributed by atoms with Gasteiger partial charge in [0.1, 0.15) is 5.60 Å². The lowest BCUT2D eigenvalue weighted by Crippen LogP contribution is -2.50. The van der Waals surface area contributed by atoms with Crippen molar-refractivity contribution >= 4 is 23.8 Å². The van der Waals surface area contributed by atoms with Crippen molar-refractivity contribution < 1.29 is 14.3 Å². The fourth-order valence-electron chi connectivity index (χ4n) is 1.15. The monoisotopic (exact) mass is 232 g/mol. The number of alkyl carbamates (subject to hydrolysis) is 1. The topological polar surface area (TPSA) is 81.4 Å². The first-order valence-corrected chi connectivity index (χ1v) is 5.54. The van der Waals surface area contributed by atoms with Crippen LogP contribution in [0.3, 0.4) is 0 Å². The Morgan fingerprint density at radius 3 is 2.20 bits per heavy atom. The predicted molar refractivity (Wildman–Crippen MR) is 58.3 cm³/mol. The van der Waals surface area contributed by atoms with Crippen LogP contribution in [-0.2, 0) is 9.53 Å². The molecule has 1 saturated heterocycles. The zero-order valence-electron chi connectivity index (χ0n) is 9.29. The summed E-state index contributed by atoms with van der Waals surface area (Å²) in [5.41, 5.74) is 4.63. The van der Waals surface area contributed by atoms with Gasteiger partial charge < -0.3 is 10.5 Å². The van der Waals surface area contributed by atoms with Crippen molar-refractivity contribution in [2.75, 3.05) is 0 Å². The number of hydrogen-bond donors (Lipinski definition) is 2. The minimum atomic E-state index is -0.970. The van der Waals surface area contributed by atoms with Crippen LogP contribution in [0.4, 0.5) is 4.79 Å². The molecular weight excluding hydrogens is 216 g/mol. The summed E-state index contributed by atoms with van der Waals surface area (Å²) in [6.07, 6.45) is -0.613. The molecule has 3 N–H and O–H groups in total. The summed E-state index contributed by atoms with van der Waals surface area (Å²) in [5.74, 6) is -0.536. The normalized spacial score (nSPS) is 29.5. The summed E-state index contributed by atoms with van der Waals surface area (Å²) in [6, 6.07) is 0. The third-order valence-electron chi connectivity index (χ3n) is 1.93. The van der Waals surface area contributed by atoms with Crippen LogP contribution in [0.25, 0.3) is 0 Å². The number of amides is 2. The maximum atomic E-state index is 11.4. The predicted octanol–water partition coefficient (Wildman–Crippen LogP) is 0.828. The van der Waals surface area contributed by atoms with Gasteiger partial charge in [0.25, 0.3) is 5.91 Å². The molecule has 0 radical (unpaired) electrons. The highest BCUT2D eigenvalue weighted by atomic mass is 32.2. The third-order valence-corrected chi connectivity index (χ3v) is 3.41. The van der Waals surface area contributed by atoms with Gasteiger partial charge in [-0.25, -0.2) is 4.79 Å². The lowest BCUT2D eigenvalue weighted by molar-refractivity contribution is -0.120. The van der Waals surface area contributed by atoms with Crippen LogP contribution in [0.5, 0.6) is 0 Å². The average molecular weight is 232 g/mol. The molecule has 86 valence electrons. The molecule has 1 rings (SSSR count). The second kappa shape index (κ2) is 3.59. The molecule has 1 aliphatic rings. The Balaban J connectivity index is 2.56. The van der Waals surface area contributed by atoms with Gasteiger partial charge in [0.2, 0.25) is 0 Å². The number of hydrogen-bond acceptors (Lipinski definition) is 4. The van der Waals surface area contributed by atoms with E-state index in [-0.39, 0.29) is 5.25 Å². The molecule has 1 aliphatic heterocycles. The molecule has 0 bridgehead atoms. The number of nitrogens with two attached hydrogens (primary N) is 1. The second-order valence-electron chi connectivity index (χ2n) is 4.49. The van der Waals surface area contributed by atoms with Gasteiger partial charge in [-0.3, -0.25) is 10.1 Å². The molecule has 0 spiro atoms. The summed E-state index contributed by atoms with van der Waals surface area (Å²) in [6.45, 7) is 7.10. The summed E-state index contributed by atoms with van der Waals surface area (Å²) in [5, 5.41) is 2.50. The van der Waals surface area contributed by atoms with Crippen LogP contribution in [0.15, 0.2) is 0 Å². The lowest BCUT2D eigenvalue weighted by Gasteiger charge is -2.21. The number of thioether (sulfide) groups is 1. The zero-order valence-corrected chi connectivity index (χ0v) is 10.1. The third kappa shape index (κ3) is 2.77. The molecule has 5 nitrogen and oxygen atoms in total. The molecule has 2 atom stereocenters. The van der Waals surface area contributed by atoms with Crippen LogP contribution in [0.2, 0.25) is 0 Å². The molecule has 0 aromatic rings. The van der Waals surface area contributed by atoms with E-state index in [4.69, 9.17) is 10.5 Å². The molecule has 1 fully saturated rings. The number of carbonyl (C=O) groups is 2. The highest BCUT2D eigenvalue weighted by Crippen LogP contribution is 2.50. The average Bonchev–Trinajstić information content (AvgIpc) is 2.57. The minimum absolute atomic E-state index is 0.00233. The van der Waals surface area contributed by atoms with Crippen LogP contribution in [0.1, 0.15) is 27.7 Å². The molecule has 15 heavy (non-hydrogen) atoms. The van der Waals surface area contributed by atoms with Crippen LogP contribution in [-0.4, -0.2) is 27.7 Å². The smallest absolute Gasteiger partial charge is 0.409 e. The largest absolute Gasteiger partial charge is 0.444 e. The molecule has 0 saturated carbocycles. The number of primary amides is 1. The molecule has 2 amide bonds. The SMILES string of the molecule is CC1S[C@]1(NC(=O)OC(C)(C)C)C(N)=O. The van der Waals surface area contributed by atoms with Crippen molar-refractivity contribution in [1.29, 1.82) is 0 Å². The lowest BCUT2D eigenvalue weighted by atomic mass is 10.2. The summed E-state index contributed by atoms with van der Waals surface area (Å²) >= 11 is 1.31. The summed E-state index contributed by atoms with van der Waals surface area (Å²) in [4.78, 5) is 21.6. The van der Waals surface area contributed by atoms with Crippen molar-refractivity contribution in [1.82, 2.24) is 5.32 Å². The Morgan fingerprint density at radius 1 is 1.47 bits per heavy atom. The maximum Gasteiger partial charge on any atom is 0.409 e. The van der Waals surface area contributed by atoms with Crippen LogP contribution >= 0.6 is 11.8 Å². The van der Waals surface area contributed by atoms with E-state index in [1.165, 1.54) is 11.8 Å². The van der Waals surface area contributed by atoms with Crippen LogP contribution in [0, 0.1) is 0 Å². The Bertz CT molecular complexity index is 300. The quantitative estimate of drug-likeness (QED) is 0.691. The Labute approximate surface area is 93.1 Å². The van der Waals surface area contributed by atoms with Gasteiger partial charge >= 0.3 is 6.09 Å². The van der Waals surface area contributed by atoms with Gasteiger partial charge in [0.15, 0.2) is 4.87 Å². The second-order valence-corrected chi connectivity index (χ2v) is 6.07. The zero-order chi connectivity index (χ0) is 11.9. The van der Waals surface area contributed by atoms with E-state index in [9.17, 15) is 9.59 Å². The highest BCUT2D eigenvalue weighted by Gasteiger charge is 2.59. The van der Waals surface area contributed by atoms with Crippen molar-refractivity contribution in [2.45, 2.75) is 43.4 Å². The van der Waals surface area contributed by atoms with Gasteiger partial charge in [-0.1, -0.05) is 0 Å². The van der Waals surface area contributed by atoms with E-state index < -0.39 is 22.5 Å². The first-order valence-electron chi connectivity index (χ1n) is 4.66. The Hall–Kier alpha value is -0.910. The summed E-state index contributed by atoms with van der Waals surface area (Å²) in [7, 11) is 0. The van der Waals surface area contributed by atoms with E-state index in [2.05, 4.69) is 5.32 Å². The standard InChI is InChI=1S/C9H16N2O3S/c1-5-9(15-5,6(10)12)11-7(13)14-8(2,3)4/h5H,1-4H3,(H2,10,12)(H,11,13)/t5?,9-/m0/s1. The highest BCUT2D eigenvalue weighted by molar-refractivity contribution is 8.09. The van der Waals surface area contributed by atoms with E-state index in [1.807, 2.05) is 6.92 Å². The van der Waals surface area contributed by atoms with Crippen molar-refractivity contribution in [3.8, 4) is 0 Å². The molecule has 1 heterocycles. The maximum absolute atomic E-state index is 11.4. The van der Waals surface area contributed by atoms with Crippen LogP contribution < -0.4 is 11.1 Å². The van der Waals surface area contributed by atoms with Crippen molar-refractivity contribution in [3.05, 3.63) is 0 Å².